The Morgan fingerprint density at radius 2 is 1.82 bits per heavy atom. The minimum Gasteiger partial charge on any atom is -0.445 e. The molecule has 0 heterocycles. The molecule has 6 nitrogen and oxygen atoms in total. The maximum absolute atomic E-state index is 14.4. The number of nitrogens with zero attached hydrogens (tertiary/aromatic N) is 1. The Balaban J connectivity index is 1.62. The van der Waals surface area contributed by atoms with Crippen LogP contribution in [-0.4, -0.2) is 29.8 Å². The van der Waals surface area contributed by atoms with Gasteiger partial charge < -0.3 is 10.1 Å². The Kier molecular flexibility index (Phi) is 6.37. The van der Waals surface area contributed by atoms with Gasteiger partial charge in [0.1, 0.15) is 12.7 Å². The molecule has 0 spiro atoms. The minimum absolute atomic E-state index is 0.000930. The van der Waals surface area contributed by atoms with Gasteiger partial charge in [0.2, 0.25) is 0 Å². The van der Waals surface area contributed by atoms with E-state index in [9.17, 15) is 19.6 Å². The lowest BCUT2D eigenvalue weighted by Crippen LogP contribution is -2.69. The largest absolute Gasteiger partial charge is 0.445 e. The van der Waals surface area contributed by atoms with Crippen LogP contribution in [0.15, 0.2) is 36.0 Å². The summed E-state index contributed by atoms with van der Waals surface area (Å²) in [4.78, 5) is 40.2. The van der Waals surface area contributed by atoms with E-state index in [-0.39, 0.29) is 63.7 Å². The summed E-state index contributed by atoms with van der Waals surface area (Å²) < 4.78 is 5.37. The van der Waals surface area contributed by atoms with Gasteiger partial charge in [-0.15, -0.1) is 0 Å². The Labute approximate surface area is 233 Å². The molecule has 0 radical (unpaired) electrons. The molecular formula is C33H44N2O4. The molecule has 0 aliphatic heterocycles. The lowest BCUT2D eigenvalue weighted by atomic mass is 9.36. The zero-order valence-electron chi connectivity index (χ0n) is 24.5. The first kappa shape index (κ1) is 27.9. The first-order chi connectivity index (χ1) is 18.2. The van der Waals surface area contributed by atoms with Crippen molar-refractivity contribution >= 4 is 17.7 Å². The van der Waals surface area contributed by atoms with Crippen molar-refractivity contribution in [2.24, 2.45) is 45.3 Å². The number of nitrogens with one attached hydrogen (secondary N) is 1. The number of fused-ring (bicyclic) bond motifs is 7. The van der Waals surface area contributed by atoms with Gasteiger partial charge in [-0.25, -0.2) is 4.79 Å². The number of Topliss-reactive ketones (excluding diaryl/α,β-unsaturated/α-hetero) is 1. The third kappa shape index (κ3) is 3.82. The van der Waals surface area contributed by atoms with Crippen LogP contribution in [-0.2, 0) is 14.3 Å². The van der Waals surface area contributed by atoms with E-state index in [0.29, 0.717) is 0 Å². The van der Waals surface area contributed by atoms with Gasteiger partial charge in [0.25, 0.3) is 0 Å². The number of hydrogen-bond donors (Lipinski definition) is 1. The van der Waals surface area contributed by atoms with Gasteiger partial charge in [0.05, 0.1) is 5.57 Å². The smallest absolute Gasteiger partial charge is 0.407 e. The third-order valence-corrected chi connectivity index (χ3v) is 12.2. The molecule has 3 fully saturated rings. The van der Waals surface area contributed by atoms with Crippen LogP contribution in [0.2, 0.25) is 0 Å². The van der Waals surface area contributed by atoms with Crippen LogP contribution in [0, 0.1) is 56.7 Å². The third-order valence-electron chi connectivity index (χ3n) is 12.2. The van der Waals surface area contributed by atoms with Crippen LogP contribution in [0.25, 0.3) is 0 Å². The predicted octanol–water partition coefficient (Wildman–Crippen LogP) is 6.48. The highest BCUT2D eigenvalue weighted by Gasteiger charge is 2.69. The van der Waals surface area contributed by atoms with Gasteiger partial charge in [-0.3, -0.25) is 9.59 Å². The number of carbonyl (C=O) groups excluding carboxylic acids is 3. The molecule has 8 unspecified atom stereocenters. The molecule has 0 aromatic heterocycles. The molecule has 6 heteroatoms. The summed E-state index contributed by atoms with van der Waals surface area (Å²) in [6, 6.07) is 2.15. The van der Waals surface area contributed by atoms with Crippen LogP contribution < -0.4 is 5.32 Å². The van der Waals surface area contributed by atoms with E-state index >= 15 is 0 Å². The Bertz CT molecular complexity index is 1240. The summed E-state index contributed by atoms with van der Waals surface area (Å²) in [6.45, 7) is 17.1. The first-order valence-electron chi connectivity index (χ1n) is 14.7. The summed E-state index contributed by atoms with van der Waals surface area (Å²) in [5.41, 5.74) is -0.157. The quantitative estimate of drug-likeness (QED) is 0.420. The van der Waals surface area contributed by atoms with Crippen molar-refractivity contribution in [2.45, 2.75) is 92.0 Å². The normalized spacial score (nSPS) is 44.2. The van der Waals surface area contributed by atoms with Crippen LogP contribution in [0.4, 0.5) is 4.79 Å². The fraction of sp³-hybridized carbons (Fsp3) is 0.697. The molecule has 3 saturated carbocycles. The van der Waals surface area contributed by atoms with E-state index in [0.717, 1.165) is 50.5 Å². The van der Waals surface area contributed by atoms with E-state index in [1.54, 1.807) is 6.08 Å². The van der Waals surface area contributed by atoms with Crippen molar-refractivity contribution in [3.05, 3.63) is 36.0 Å². The molecule has 0 saturated heterocycles. The molecule has 0 aromatic carbocycles. The molecule has 5 aliphatic carbocycles. The number of amides is 1. The molecular weight excluding hydrogens is 488 g/mol. The molecule has 210 valence electrons. The fourth-order valence-corrected chi connectivity index (χ4v) is 9.85. The molecule has 5 aliphatic rings. The van der Waals surface area contributed by atoms with Crippen molar-refractivity contribution in [3.63, 3.8) is 0 Å². The van der Waals surface area contributed by atoms with Crippen LogP contribution in [0.5, 0.6) is 0 Å². The maximum Gasteiger partial charge on any atom is 0.407 e. The standard InChI is InChI=1S/C33H44N2O4/c1-8-15-39-28(38)35-33-13-11-29(3,4)18-23(33)26-24(36)16-25-30(5)17-21(19-34)27(37)20(2)22(30)9-10-31(25,6)32(26,7)12-14-33/h8,16-17,20,22-23,26H,1,9-15,18H2,2-7H3,(H,35,38). The number of ketones is 2. The van der Waals surface area contributed by atoms with Crippen LogP contribution in [0.3, 0.4) is 0 Å². The average Bonchev–Trinajstić information content (AvgIpc) is 2.87. The summed E-state index contributed by atoms with van der Waals surface area (Å²) >= 11 is 0. The monoisotopic (exact) mass is 532 g/mol. The van der Waals surface area contributed by atoms with E-state index in [4.69, 9.17) is 4.74 Å². The number of rotatable bonds is 3. The maximum atomic E-state index is 14.4. The van der Waals surface area contributed by atoms with Gasteiger partial charge in [-0.2, -0.15) is 5.26 Å². The Morgan fingerprint density at radius 1 is 1.13 bits per heavy atom. The predicted molar refractivity (Wildman–Crippen MR) is 149 cm³/mol. The highest BCUT2D eigenvalue weighted by molar-refractivity contribution is 6.02. The summed E-state index contributed by atoms with van der Waals surface area (Å²) in [5, 5.41) is 13.1. The van der Waals surface area contributed by atoms with Gasteiger partial charge in [0.15, 0.2) is 11.6 Å². The summed E-state index contributed by atoms with van der Waals surface area (Å²) in [7, 11) is 0. The van der Waals surface area contributed by atoms with E-state index in [1.165, 1.54) is 0 Å². The lowest BCUT2D eigenvalue weighted by molar-refractivity contribution is -0.159. The molecule has 1 amide bonds. The van der Waals surface area contributed by atoms with Crippen LogP contribution in [0.1, 0.15) is 86.5 Å². The number of alkyl carbamates (subject to hydrolysis) is 1. The summed E-state index contributed by atoms with van der Waals surface area (Å²) in [5.74, 6) is -0.327. The average molecular weight is 533 g/mol. The Morgan fingerprint density at radius 3 is 2.49 bits per heavy atom. The number of nitriles is 1. The van der Waals surface area contributed by atoms with Gasteiger partial charge in [0, 0.05) is 22.8 Å². The van der Waals surface area contributed by atoms with Gasteiger partial charge >= 0.3 is 6.09 Å². The summed E-state index contributed by atoms with van der Waals surface area (Å²) in [6.07, 6.45) is 11.0. The number of carbonyl (C=O) groups is 3. The zero-order chi connectivity index (χ0) is 28.6. The van der Waals surface area contributed by atoms with Crippen molar-refractivity contribution in [2.75, 3.05) is 6.61 Å². The molecule has 39 heavy (non-hydrogen) atoms. The molecule has 8 atom stereocenters. The van der Waals surface area contributed by atoms with Crippen molar-refractivity contribution < 1.29 is 19.1 Å². The fourth-order valence-electron chi connectivity index (χ4n) is 9.85. The lowest BCUT2D eigenvalue weighted by Gasteiger charge is -2.68. The van der Waals surface area contributed by atoms with E-state index in [1.807, 2.05) is 19.1 Å². The Hall–Kier alpha value is -2.68. The van der Waals surface area contributed by atoms with E-state index in [2.05, 4.69) is 52.6 Å². The molecule has 5 rings (SSSR count). The second kappa shape index (κ2) is 8.91. The topological polar surface area (TPSA) is 96.3 Å². The molecule has 0 bridgehead atoms. The second-order valence-corrected chi connectivity index (χ2v) is 14.6. The second-order valence-electron chi connectivity index (χ2n) is 14.6. The number of ether oxygens (including phenoxy) is 1. The van der Waals surface area contributed by atoms with Crippen molar-refractivity contribution in [1.29, 1.82) is 5.26 Å². The van der Waals surface area contributed by atoms with Gasteiger partial charge in [-0.1, -0.05) is 65.8 Å². The highest BCUT2D eigenvalue weighted by atomic mass is 16.5. The molecule has 0 aromatic rings. The first-order valence-corrected chi connectivity index (χ1v) is 14.7. The van der Waals surface area contributed by atoms with Crippen molar-refractivity contribution in [1.82, 2.24) is 5.32 Å². The highest BCUT2D eigenvalue weighted by Crippen LogP contribution is 2.72. The number of allylic oxidation sites excluding steroid dienone is 4. The van der Waals surface area contributed by atoms with Crippen molar-refractivity contribution in [3.8, 4) is 6.07 Å². The zero-order valence-corrected chi connectivity index (χ0v) is 24.5. The van der Waals surface area contributed by atoms with E-state index < -0.39 is 17.0 Å². The van der Waals surface area contributed by atoms with Crippen LogP contribution >= 0.6 is 0 Å². The SMILES string of the molecule is C=CCOC(=O)NC12CCC(C)(C)CC1C1C(=O)C=C3C4(C)C=C(C#N)C(=O)C(C)C4CCC3(C)C1(C)CC2. The molecule has 1 N–H and O–H groups in total. The number of hydrogen-bond acceptors (Lipinski definition) is 5. The van der Waals surface area contributed by atoms with Gasteiger partial charge in [-0.05, 0) is 79.1 Å². The minimum atomic E-state index is -0.512.